The number of primary sulfonamides is 1. The van der Waals surface area contributed by atoms with Gasteiger partial charge in [-0.05, 0) is 46.9 Å². The van der Waals surface area contributed by atoms with Crippen molar-refractivity contribution >= 4 is 33.1 Å². The Morgan fingerprint density at radius 2 is 1.88 bits per heavy atom. The van der Waals surface area contributed by atoms with Crippen LogP contribution < -0.4 is 5.14 Å². The first-order chi connectivity index (χ1) is 11.3. The van der Waals surface area contributed by atoms with Crippen LogP contribution in [0.15, 0.2) is 44.8 Å². The van der Waals surface area contributed by atoms with Crippen molar-refractivity contribution in [1.29, 1.82) is 0 Å². The molecule has 132 valence electrons. The van der Waals surface area contributed by atoms with Crippen molar-refractivity contribution in [3.05, 3.63) is 46.8 Å². The van der Waals surface area contributed by atoms with E-state index in [1.807, 2.05) is 44.4 Å². The number of hydrogen-bond donors (Lipinski definition) is 2. The van der Waals surface area contributed by atoms with Gasteiger partial charge >= 0.3 is 0 Å². The van der Waals surface area contributed by atoms with Gasteiger partial charge in [-0.25, -0.2) is 13.6 Å². The smallest absolute Gasteiger partial charge is 0.247 e. The minimum absolute atomic E-state index is 0.107. The lowest BCUT2D eigenvalue weighted by Gasteiger charge is -2.29. The van der Waals surface area contributed by atoms with Crippen molar-refractivity contribution in [2.24, 2.45) is 11.1 Å². The summed E-state index contributed by atoms with van der Waals surface area (Å²) in [4.78, 5) is 1.12. The minimum Gasteiger partial charge on any atom is -0.388 e. The number of aliphatic hydroxyl groups excluding tert-OH is 1. The summed E-state index contributed by atoms with van der Waals surface area (Å²) in [5.41, 5.74) is 1.39. The molecule has 0 fully saturated rings. The van der Waals surface area contributed by atoms with Crippen LogP contribution in [0.3, 0.4) is 0 Å². The van der Waals surface area contributed by atoms with Crippen LogP contribution in [-0.2, 0) is 10.0 Å². The number of aliphatic hydroxyl groups is 1. The molecule has 4 nitrogen and oxygen atoms in total. The molecule has 7 heteroatoms. The number of thiophene rings is 1. The summed E-state index contributed by atoms with van der Waals surface area (Å²) in [7, 11) is -3.80. The Balaban J connectivity index is 2.47. The van der Waals surface area contributed by atoms with Crippen molar-refractivity contribution in [1.82, 2.24) is 0 Å². The quantitative estimate of drug-likeness (QED) is 0.707. The highest BCUT2D eigenvalue weighted by Crippen LogP contribution is 2.42. The van der Waals surface area contributed by atoms with Gasteiger partial charge in [0, 0.05) is 10.8 Å². The molecule has 24 heavy (non-hydrogen) atoms. The van der Waals surface area contributed by atoms with Gasteiger partial charge < -0.3 is 5.11 Å². The molecule has 0 aliphatic heterocycles. The van der Waals surface area contributed by atoms with Gasteiger partial charge in [-0.3, -0.25) is 0 Å². The van der Waals surface area contributed by atoms with Crippen molar-refractivity contribution in [3.63, 3.8) is 0 Å². The zero-order chi connectivity index (χ0) is 17.9. The van der Waals surface area contributed by atoms with Crippen LogP contribution in [0.5, 0.6) is 0 Å². The van der Waals surface area contributed by atoms with E-state index < -0.39 is 16.1 Å². The molecule has 1 unspecified atom stereocenters. The number of thioether (sulfide) groups is 1. The van der Waals surface area contributed by atoms with Crippen LogP contribution in [0.1, 0.15) is 43.4 Å². The maximum absolute atomic E-state index is 11.9. The Morgan fingerprint density at radius 3 is 2.38 bits per heavy atom. The number of hydrogen-bond acceptors (Lipinski definition) is 5. The lowest BCUT2D eigenvalue weighted by molar-refractivity contribution is 0.117. The Kier molecular flexibility index (Phi) is 6.50. The normalized spacial score (nSPS) is 15.9. The van der Waals surface area contributed by atoms with Crippen molar-refractivity contribution in [3.8, 4) is 0 Å². The average molecular weight is 386 g/mol. The third-order valence-electron chi connectivity index (χ3n) is 4.33. The first-order valence-corrected chi connectivity index (χ1v) is 11.4. The predicted molar refractivity (Wildman–Crippen MR) is 101 cm³/mol. The molecule has 2 aromatic rings. The molecule has 1 heterocycles. The number of rotatable bonds is 7. The monoisotopic (exact) mass is 385 g/mol. The molecular formula is C17H23NO3S3. The molecule has 0 aliphatic carbocycles. The second kappa shape index (κ2) is 8.01. The van der Waals surface area contributed by atoms with Crippen LogP contribution in [0.25, 0.3) is 0 Å². The summed E-state index contributed by atoms with van der Waals surface area (Å²) >= 11 is 2.74. The molecular weight excluding hydrogens is 362 g/mol. The van der Waals surface area contributed by atoms with E-state index in [1.165, 1.54) is 0 Å². The third-order valence-corrected chi connectivity index (χ3v) is 7.53. The number of nitrogens with two attached hydrogens (primary N) is 1. The largest absolute Gasteiger partial charge is 0.388 e. The average Bonchev–Trinajstić information content (AvgIpc) is 3.04. The third kappa shape index (κ3) is 4.21. The fourth-order valence-electron chi connectivity index (χ4n) is 2.83. The second-order valence-electron chi connectivity index (χ2n) is 5.84. The molecule has 0 amide bonds. The summed E-state index contributed by atoms with van der Waals surface area (Å²) in [6.07, 6.45) is 2.03. The first kappa shape index (κ1) is 19.5. The van der Waals surface area contributed by atoms with Crippen LogP contribution in [-0.4, -0.2) is 19.8 Å². The second-order valence-corrected chi connectivity index (χ2v) is 9.39. The molecule has 0 aliphatic rings. The van der Waals surface area contributed by atoms with Crippen molar-refractivity contribution < 1.29 is 13.5 Å². The Hall–Kier alpha value is -0.860. The first-order valence-electron chi connectivity index (χ1n) is 7.71. The predicted octanol–water partition coefficient (Wildman–Crippen LogP) is 3.98. The van der Waals surface area contributed by atoms with E-state index in [-0.39, 0.29) is 16.0 Å². The van der Waals surface area contributed by atoms with E-state index in [0.29, 0.717) is 5.56 Å². The van der Waals surface area contributed by atoms with Gasteiger partial charge in [-0.1, -0.05) is 32.4 Å². The Bertz CT molecular complexity index is 769. The SMILES string of the molecule is CC[C@H](C)[C@@H](c1ccsc1S(N)(=O)=O)C(O)c1ccc(SC)cc1. The van der Waals surface area contributed by atoms with Gasteiger partial charge in [-0.15, -0.1) is 23.1 Å². The van der Waals surface area contributed by atoms with Crippen LogP contribution in [0.2, 0.25) is 0 Å². The van der Waals surface area contributed by atoms with E-state index in [0.717, 1.165) is 28.2 Å². The standard InChI is InChI=1S/C17H23NO3S3/c1-4-11(2)15(14-9-10-23-17(14)24(18,20)21)16(19)12-5-7-13(22-3)8-6-12/h5-11,15-16,19H,4H2,1-3H3,(H2,18,20,21)/t11-,15-,16?/m0/s1. The van der Waals surface area contributed by atoms with E-state index in [2.05, 4.69) is 0 Å². The van der Waals surface area contributed by atoms with Gasteiger partial charge in [0.05, 0.1) is 6.10 Å². The maximum atomic E-state index is 11.9. The highest BCUT2D eigenvalue weighted by Gasteiger charge is 2.32. The summed E-state index contributed by atoms with van der Waals surface area (Å²) < 4.78 is 23.9. The Labute approximate surface area is 152 Å². The number of benzene rings is 1. The molecule has 0 spiro atoms. The zero-order valence-corrected chi connectivity index (χ0v) is 16.4. The van der Waals surface area contributed by atoms with Gasteiger partial charge in [0.2, 0.25) is 10.0 Å². The molecule has 0 saturated carbocycles. The summed E-state index contributed by atoms with van der Waals surface area (Å²) in [6.45, 7) is 4.05. The lowest BCUT2D eigenvalue weighted by atomic mass is 9.80. The van der Waals surface area contributed by atoms with Gasteiger partial charge in [0.15, 0.2) is 0 Å². The molecule has 2 rings (SSSR count). The molecule has 0 saturated heterocycles. The van der Waals surface area contributed by atoms with Crippen molar-refractivity contribution in [2.75, 3.05) is 6.26 Å². The van der Waals surface area contributed by atoms with Crippen molar-refractivity contribution in [2.45, 2.75) is 41.4 Å². The molecule has 3 N–H and O–H groups in total. The minimum atomic E-state index is -3.80. The van der Waals surface area contributed by atoms with Gasteiger partial charge in [0.25, 0.3) is 0 Å². The highest BCUT2D eigenvalue weighted by molar-refractivity contribution is 7.98. The summed E-state index contributed by atoms with van der Waals surface area (Å²) in [5.74, 6) is -0.218. The molecule has 1 aromatic heterocycles. The molecule has 3 atom stereocenters. The number of sulfonamides is 1. The molecule has 0 bridgehead atoms. The lowest BCUT2D eigenvalue weighted by Crippen LogP contribution is -2.21. The van der Waals surface area contributed by atoms with Gasteiger partial charge in [-0.2, -0.15) is 0 Å². The van der Waals surface area contributed by atoms with E-state index in [9.17, 15) is 13.5 Å². The fraction of sp³-hybridized carbons (Fsp3) is 0.412. The van der Waals surface area contributed by atoms with Crippen LogP contribution in [0, 0.1) is 5.92 Å². The van der Waals surface area contributed by atoms with Crippen LogP contribution in [0.4, 0.5) is 0 Å². The topological polar surface area (TPSA) is 80.4 Å². The highest BCUT2D eigenvalue weighted by atomic mass is 32.2. The van der Waals surface area contributed by atoms with Gasteiger partial charge in [0.1, 0.15) is 4.21 Å². The maximum Gasteiger partial charge on any atom is 0.247 e. The zero-order valence-electron chi connectivity index (χ0n) is 14.0. The molecule has 0 radical (unpaired) electrons. The molecule has 1 aromatic carbocycles. The summed E-state index contributed by atoms with van der Waals surface area (Å²) in [6, 6.07) is 9.49. The fourth-order valence-corrected chi connectivity index (χ4v) is 5.16. The van der Waals surface area contributed by atoms with E-state index >= 15 is 0 Å². The Morgan fingerprint density at radius 1 is 1.25 bits per heavy atom. The van der Waals surface area contributed by atoms with Crippen LogP contribution >= 0.6 is 23.1 Å². The van der Waals surface area contributed by atoms with E-state index in [4.69, 9.17) is 5.14 Å². The van der Waals surface area contributed by atoms with E-state index in [1.54, 1.807) is 23.2 Å². The summed E-state index contributed by atoms with van der Waals surface area (Å²) in [5, 5.41) is 18.0.